The molecule has 2 aliphatic heterocycles. The van der Waals surface area contributed by atoms with Crippen molar-refractivity contribution in [1.82, 2.24) is 38.9 Å². The van der Waals surface area contributed by atoms with Crippen LogP contribution in [0, 0.1) is 35.5 Å². The van der Waals surface area contributed by atoms with Crippen molar-refractivity contribution in [2.45, 2.75) is 263 Å². The van der Waals surface area contributed by atoms with Crippen molar-refractivity contribution in [3.8, 4) is 23.0 Å². The van der Waals surface area contributed by atoms with Crippen molar-refractivity contribution in [2.75, 3.05) is 94.4 Å². The Bertz CT molecular complexity index is 4780. The van der Waals surface area contributed by atoms with Gasteiger partial charge in [0.2, 0.25) is 5.91 Å². The topological polar surface area (TPSA) is 299 Å². The van der Waals surface area contributed by atoms with E-state index in [1.54, 1.807) is 41.1 Å². The van der Waals surface area contributed by atoms with E-state index in [0.29, 0.717) is 91.0 Å². The van der Waals surface area contributed by atoms with Crippen LogP contribution >= 0.6 is 0 Å². The zero-order valence-corrected chi connectivity index (χ0v) is 73.0. The van der Waals surface area contributed by atoms with Gasteiger partial charge in [-0.25, -0.2) is 19.9 Å². The molecule has 8 aromatic rings. The standard InChI is InChI=1S/C46H63N7O5.C38H53N5O6.C10H16N2/c1-45(2,3)32-13-15-36(47)37(22-32)51-40(54)16-11-29-19-33(20-29)52(25-28-9-8-10-28)26-31-21-38(42-41(31)57-46(4,5)58-42)53-18-17-35-43(49-27-50-44(35)53)48-24-30-12-14-34(55-6)23-39(30)56-7;1-6-47-33(44)13-10-25-16-28(17-25)42(21-24-8-7-9-24)22-27-18-31(35-34(27)48-38(2,3)49-35)43-15-14-30-36(40-23-41-37(30)43)39-20-26-11-12-29(45-4)19-32(26)46-5;1-10(2,3)7-4-5-8(11)9(12)6-7/h12-15,17-18,22-23,27-29,31,33,38,41-42H,8-11,16,19-21,24-26,47H2,1-7H3,(H,51,54)(H,48,49,50);11-12,14-15,19,23-25,27-28,31,34-35H,6-10,13,16-18,20-22H2,1-5H3,(H,39,40,41);4-6H,11-12H2,1-3H3/t29?,31-,33?,38-,41-,42+;25?,27-,28?,31-,34-,35+;/m11./s1. The first-order chi connectivity index (χ1) is 56.9. The third-order valence-electron chi connectivity index (χ3n) is 26.5. The van der Waals surface area contributed by atoms with Gasteiger partial charge in [-0.15, -0.1) is 0 Å². The molecule has 25 nitrogen and oxygen atoms in total. The molecule has 16 rings (SSSR count). The van der Waals surface area contributed by atoms with Gasteiger partial charge in [-0.3, -0.25) is 19.4 Å². The number of nitrogens with zero attached hydrogens (tertiary/aromatic N) is 8. The maximum absolute atomic E-state index is 13.1. The molecule has 119 heavy (non-hydrogen) atoms. The molecule has 4 aromatic carbocycles. The second kappa shape index (κ2) is 36.8. The summed E-state index contributed by atoms with van der Waals surface area (Å²) in [6.07, 6.45) is 24.8. The quantitative estimate of drug-likeness (QED) is 0.0180. The highest BCUT2D eigenvalue weighted by molar-refractivity contribution is 5.94. The summed E-state index contributed by atoms with van der Waals surface area (Å²) in [4.78, 5) is 49.5. The fourth-order valence-electron chi connectivity index (χ4n) is 19.2. The van der Waals surface area contributed by atoms with Crippen LogP contribution < -0.4 is 52.1 Å². The molecule has 25 heteroatoms. The highest BCUT2D eigenvalue weighted by Crippen LogP contribution is 2.52. The Kier molecular flexibility index (Phi) is 26.7. The third-order valence-corrected chi connectivity index (χ3v) is 26.5. The summed E-state index contributed by atoms with van der Waals surface area (Å²) in [5.74, 6) is 6.63. The molecule has 0 unspecified atom stereocenters. The number of fused-ring (bicyclic) bond motifs is 4. The first kappa shape index (κ1) is 86.4. The predicted octanol–water partition coefficient (Wildman–Crippen LogP) is 16.8. The average molecular weight is 1630 g/mol. The minimum Gasteiger partial charge on any atom is -0.497 e. The first-order valence-electron chi connectivity index (χ1n) is 43.7. The highest BCUT2D eigenvalue weighted by atomic mass is 16.8. The molecule has 4 aromatic heterocycles. The lowest BCUT2D eigenvalue weighted by molar-refractivity contribution is -0.162. The summed E-state index contributed by atoms with van der Waals surface area (Å²) in [6.45, 7) is 28.8. The van der Waals surface area contributed by atoms with Crippen molar-refractivity contribution in [3.05, 3.63) is 132 Å². The van der Waals surface area contributed by atoms with Crippen LogP contribution in [0.15, 0.2) is 110 Å². The van der Waals surface area contributed by atoms with Gasteiger partial charge in [0.1, 0.15) is 70.8 Å². The molecule has 8 atom stereocenters. The molecular weight excluding hydrogens is 1500 g/mol. The van der Waals surface area contributed by atoms with Gasteiger partial charge in [0.25, 0.3) is 0 Å². The van der Waals surface area contributed by atoms with Crippen molar-refractivity contribution < 1.29 is 52.2 Å². The molecule has 8 fully saturated rings. The number of rotatable bonds is 30. The summed E-state index contributed by atoms with van der Waals surface area (Å²) in [5.41, 5.74) is 26.5. The molecular formula is C94H132N14O11. The predicted molar refractivity (Wildman–Crippen MR) is 469 cm³/mol. The number of ether oxygens (including phenoxy) is 9. The van der Waals surface area contributed by atoms with Gasteiger partial charge in [-0.05, 0) is 218 Å². The lowest BCUT2D eigenvalue weighted by Gasteiger charge is -2.46. The number of methoxy groups -OCH3 is 4. The Labute approximate surface area is 703 Å². The summed E-state index contributed by atoms with van der Waals surface area (Å²) in [6, 6.07) is 29.0. The molecule has 8 aliphatic rings. The fraction of sp³-hybridized carbons (Fsp3) is 0.596. The minimum absolute atomic E-state index is 0.00731. The second-order valence-corrected chi connectivity index (χ2v) is 37.7. The van der Waals surface area contributed by atoms with Crippen molar-refractivity contribution in [2.24, 2.45) is 35.5 Å². The molecule has 0 spiro atoms. The lowest BCUT2D eigenvalue weighted by Crippen LogP contribution is -2.50. The van der Waals surface area contributed by atoms with E-state index >= 15 is 0 Å². The van der Waals surface area contributed by atoms with Crippen LogP contribution in [0.2, 0.25) is 0 Å². The fourth-order valence-corrected chi connectivity index (χ4v) is 19.2. The Balaban J connectivity index is 0.000000173. The van der Waals surface area contributed by atoms with Crippen LogP contribution in [0.4, 0.5) is 34.4 Å². The largest absolute Gasteiger partial charge is 0.497 e. The molecule has 644 valence electrons. The average Bonchev–Trinajstić information content (AvgIpc) is 1.59. The van der Waals surface area contributed by atoms with Crippen molar-refractivity contribution in [1.29, 1.82) is 0 Å². The number of esters is 1. The van der Waals surface area contributed by atoms with Crippen LogP contribution in [-0.2, 0) is 57.2 Å². The number of nitrogens with two attached hydrogens (primary N) is 3. The summed E-state index contributed by atoms with van der Waals surface area (Å²) in [7, 11) is 6.65. The number of hydrogen-bond donors (Lipinski definition) is 6. The number of nitrogens with one attached hydrogen (secondary N) is 3. The number of hydrogen-bond acceptors (Lipinski definition) is 22. The van der Waals surface area contributed by atoms with Gasteiger partial charge in [0.15, 0.2) is 11.6 Å². The highest BCUT2D eigenvalue weighted by Gasteiger charge is 2.57. The van der Waals surface area contributed by atoms with E-state index in [2.05, 4.69) is 111 Å². The van der Waals surface area contributed by atoms with Gasteiger partial charge in [0.05, 0.1) is 92.9 Å². The number of benzene rings is 4. The number of nitrogen functional groups attached to an aromatic ring is 3. The SMILES string of the molecule is CC(C)(C)c1ccc(N)c(N)c1.CCOC(=O)CCC1CC(N(CC2CCC2)C[C@H]2C[C@@H](n3ccc4c(NCc5ccc(OC)cc5OC)ncnc43)[C@@H]3OC(C)(C)O[C@H]23)C1.COc1ccc(CNc2ncnc3c2ccn3[C@@H]2C[C@H](CN(CC3CCC3)C3CC(CCC(=O)Nc4cc(C(C)(C)C)ccc4N)C3)[C@H]3OC(C)(C)O[C@H]32)c(OC)c1. The summed E-state index contributed by atoms with van der Waals surface area (Å²) >= 11 is 0. The minimum atomic E-state index is -0.659. The maximum atomic E-state index is 13.1. The van der Waals surface area contributed by atoms with E-state index < -0.39 is 11.6 Å². The van der Waals surface area contributed by atoms with Crippen LogP contribution in [0.3, 0.4) is 0 Å². The number of carbonyl (C=O) groups is 2. The van der Waals surface area contributed by atoms with Crippen molar-refractivity contribution >= 4 is 68.3 Å². The molecule has 0 bridgehead atoms. The number of carbonyl (C=O) groups excluding carboxylic acids is 2. The van der Waals surface area contributed by atoms with E-state index in [1.807, 2.05) is 107 Å². The van der Waals surface area contributed by atoms with Crippen LogP contribution in [-0.4, -0.2) is 160 Å². The summed E-state index contributed by atoms with van der Waals surface area (Å²) < 4.78 is 58.6. The molecule has 9 N–H and O–H groups in total. The number of anilines is 6. The number of aromatic nitrogens is 6. The smallest absolute Gasteiger partial charge is 0.305 e. The molecule has 0 radical (unpaired) electrons. The molecule has 1 amide bonds. The van der Waals surface area contributed by atoms with Gasteiger partial charge in [0, 0.05) is 112 Å². The molecule has 6 heterocycles. The lowest BCUT2D eigenvalue weighted by atomic mass is 9.75. The molecule has 6 saturated carbocycles. The number of amides is 1. The first-order valence-corrected chi connectivity index (χ1v) is 43.7. The third kappa shape index (κ3) is 20.3. The van der Waals surface area contributed by atoms with E-state index in [-0.39, 0.29) is 59.2 Å². The normalized spacial score (nSPS) is 24.8. The van der Waals surface area contributed by atoms with E-state index in [9.17, 15) is 9.59 Å². The molecule has 6 aliphatic carbocycles. The molecule has 2 saturated heterocycles. The zero-order chi connectivity index (χ0) is 84.2. The maximum Gasteiger partial charge on any atom is 0.305 e. The Morgan fingerprint density at radius 1 is 0.513 bits per heavy atom. The van der Waals surface area contributed by atoms with Crippen LogP contribution in [0.1, 0.15) is 213 Å². The Hall–Kier alpha value is -8.98. The van der Waals surface area contributed by atoms with Crippen LogP contribution in [0.25, 0.3) is 22.1 Å². The van der Waals surface area contributed by atoms with Gasteiger partial charge in [-0.1, -0.05) is 66.5 Å². The second-order valence-electron chi connectivity index (χ2n) is 37.7. The van der Waals surface area contributed by atoms with E-state index in [0.717, 1.165) is 163 Å². The van der Waals surface area contributed by atoms with Gasteiger partial charge < -0.3 is 84.9 Å². The zero-order valence-electron chi connectivity index (χ0n) is 73.0. The Morgan fingerprint density at radius 3 is 1.38 bits per heavy atom. The van der Waals surface area contributed by atoms with Gasteiger partial charge >= 0.3 is 5.97 Å². The van der Waals surface area contributed by atoms with E-state index in [1.165, 1.54) is 44.1 Å². The van der Waals surface area contributed by atoms with Crippen LogP contribution in [0.5, 0.6) is 23.0 Å². The van der Waals surface area contributed by atoms with Gasteiger partial charge in [-0.2, -0.15) is 0 Å². The van der Waals surface area contributed by atoms with E-state index in [4.69, 9.17) is 69.8 Å². The Morgan fingerprint density at radius 2 is 0.958 bits per heavy atom. The van der Waals surface area contributed by atoms with Crippen molar-refractivity contribution in [3.63, 3.8) is 0 Å². The monoisotopic (exact) mass is 1630 g/mol. The summed E-state index contributed by atoms with van der Waals surface area (Å²) in [5, 5.41) is 12.1.